The monoisotopic (exact) mass is 434 g/mol. The highest BCUT2D eigenvalue weighted by Gasteiger charge is 2.21. The van der Waals surface area contributed by atoms with E-state index in [1.807, 2.05) is 24.3 Å². The number of ether oxygens (including phenoxy) is 2. The van der Waals surface area contributed by atoms with Crippen LogP contribution in [0.25, 0.3) is 0 Å². The average molecular weight is 435 g/mol. The topological polar surface area (TPSA) is 24.9 Å². The minimum absolute atomic E-state index is 0.0978. The second kappa shape index (κ2) is 11.0. The summed E-state index contributed by atoms with van der Waals surface area (Å²) in [5.74, 6) is 1.74. The van der Waals surface area contributed by atoms with Gasteiger partial charge in [0.1, 0.15) is 5.82 Å². The molecule has 1 atom stereocenters. The largest absolute Gasteiger partial charge is 0.493 e. The van der Waals surface area contributed by atoms with E-state index in [1.165, 1.54) is 12.8 Å². The molecular formula is C24H32ClFN2O2. The lowest BCUT2D eigenvalue weighted by molar-refractivity contribution is 0.142. The van der Waals surface area contributed by atoms with Crippen LogP contribution < -0.4 is 9.47 Å². The van der Waals surface area contributed by atoms with Crippen LogP contribution >= 0.6 is 11.6 Å². The van der Waals surface area contributed by atoms with Crippen molar-refractivity contribution in [2.75, 3.05) is 47.4 Å². The molecule has 1 saturated heterocycles. The zero-order valence-corrected chi connectivity index (χ0v) is 18.9. The fourth-order valence-electron chi connectivity index (χ4n) is 4.36. The van der Waals surface area contributed by atoms with E-state index in [4.69, 9.17) is 21.1 Å². The van der Waals surface area contributed by atoms with Gasteiger partial charge in [-0.3, -0.25) is 0 Å². The van der Waals surface area contributed by atoms with Gasteiger partial charge in [0.05, 0.1) is 19.2 Å². The van der Waals surface area contributed by atoms with Gasteiger partial charge in [-0.15, -0.1) is 0 Å². The van der Waals surface area contributed by atoms with Gasteiger partial charge in [0.15, 0.2) is 11.5 Å². The summed E-state index contributed by atoms with van der Waals surface area (Å²) in [5.41, 5.74) is 1.91. The lowest BCUT2D eigenvalue weighted by Gasteiger charge is -2.35. The summed E-state index contributed by atoms with van der Waals surface area (Å²) < 4.78 is 24.6. The van der Waals surface area contributed by atoms with Gasteiger partial charge in [-0.05, 0) is 68.1 Å². The van der Waals surface area contributed by atoms with Crippen molar-refractivity contribution < 1.29 is 13.9 Å². The predicted octanol–water partition coefficient (Wildman–Crippen LogP) is 4.88. The highest BCUT2D eigenvalue weighted by Crippen LogP contribution is 2.36. The minimum atomic E-state index is -0.0978. The number of methoxy groups -OCH3 is 2. The first-order valence-corrected chi connectivity index (χ1v) is 10.9. The van der Waals surface area contributed by atoms with Crippen LogP contribution in [0, 0.1) is 11.7 Å². The van der Waals surface area contributed by atoms with Crippen LogP contribution in [0.15, 0.2) is 36.4 Å². The van der Waals surface area contributed by atoms with Crippen molar-refractivity contribution in [3.8, 4) is 11.5 Å². The summed E-state index contributed by atoms with van der Waals surface area (Å²) >= 11 is 6.35. The molecule has 164 valence electrons. The molecule has 1 fully saturated rings. The predicted molar refractivity (Wildman–Crippen MR) is 120 cm³/mol. The molecule has 2 aromatic rings. The van der Waals surface area contributed by atoms with E-state index in [1.54, 1.807) is 26.4 Å². The first-order chi connectivity index (χ1) is 14.5. The van der Waals surface area contributed by atoms with Gasteiger partial charge < -0.3 is 19.3 Å². The number of hydrogen-bond donors (Lipinski definition) is 0. The molecule has 4 nitrogen and oxygen atoms in total. The maximum Gasteiger partial charge on any atom is 0.179 e. The van der Waals surface area contributed by atoms with E-state index in [-0.39, 0.29) is 5.82 Å². The summed E-state index contributed by atoms with van der Waals surface area (Å²) in [5, 5.41) is 0.567. The molecule has 3 rings (SSSR count). The Bertz CT molecular complexity index is 833. The molecule has 1 aliphatic rings. The molecular weight excluding hydrogens is 403 g/mol. The normalized spacial score (nSPS) is 17.3. The van der Waals surface area contributed by atoms with E-state index in [9.17, 15) is 4.39 Å². The summed E-state index contributed by atoms with van der Waals surface area (Å²) in [6, 6.07) is 11.0. The fraction of sp³-hybridized carbons (Fsp3) is 0.500. The van der Waals surface area contributed by atoms with Crippen LogP contribution in [0.1, 0.15) is 24.0 Å². The fourth-order valence-corrected chi connectivity index (χ4v) is 4.67. The Balaban J connectivity index is 1.52. The van der Waals surface area contributed by atoms with Gasteiger partial charge in [-0.2, -0.15) is 0 Å². The van der Waals surface area contributed by atoms with E-state index < -0.39 is 0 Å². The zero-order chi connectivity index (χ0) is 21.5. The SMILES string of the molecule is COc1cc(CN(C)C[C@H]2CCCN(CCc3ccccc3F)C2)cc(Cl)c1OC. The van der Waals surface area contributed by atoms with Gasteiger partial charge in [-0.25, -0.2) is 4.39 Å². The van der Waals surface area contributed by atoms with Crippen LogP contribution in [0.4, 0.5) is 4.39 Å². The van der Waals surface area contributed by atoms with Crippen molar-refractivity contribution in [1.29, 1.82) is 0 Å². The summed E-state index contributed by atoms with van der Waals surface area (Å²) in [6.07, 6.45) is 3.19. The molecule has 1 aliphatic heterocycles. The molecule has 0 saturated carbocycles. The minimum Gasteiger partial charge on any atom is -0.493 e. The molecule has 0 aliphatic carbocycles. The summed E-state index contributed by atoms with van der Waals surface area (Å²) in [6.45, 7) is 4.88. The third kappa shape index (κ3) is 6.10. The first kappa shape index (κ1) is 22.9. The maximum atomic E-state index is 13.9. The van der Waals surface area contributed by atoms with Gasteiger partial charge in [0.25, 0.3) is 0 Å². The van der Waals surface area contributed by atoms with Crippen LogP contribution in [-0.4, -0.2) is 57.2 Å². The third-order valence-electron chi connectivity index (χ3n) is 5.77. The lowest BCUT2D eigenvalue weighted by atomic mass is 9.97. The number of piperidine rings is 1. The number of halogens is 2. The number of likely N-dealkylation sites (tertiary alicyclic amines) is 1. The molecule has 1 heterocycles. The second-order valence-corrected chi connectivity index (χ2v) is 8.57. The van der Waals surface area contributed by atoms with E-state index in [0.717, 1.165) is 50.3 Å². The average Bonchev–Trinajstić information content (AvgIpc) is 2.73. The van der Waals surface area contributed by atoms with Crippen molar-refractivity contribution >= 4 is 11.6 Å². The molecule has 30 heavy (non-hydrogen) atoms. The van der Waals surface area contributed by atoms with Crippen LogP contribution in [0.2, 0.25) is 5.02 Å². The number of rotatable bonds is 9. The zero-order valence-electron chi connectivity index (χ0n) is 18.2. The van der Waals surface area contributed by atoms with Crippen molar-refractivity contribution in [3.63, 3.8) is 0 Å². The smallest absolute Gasteiger partial charge is 0.179 e. The Morgan fingerprint density at radius 2 is 2.00 bits per heavy atom. The molecule has 6 heteroatoms. The summed E-state index contributed by atoms with van der Waals surface area (Å²) in [4.78, 5) is 4.81. The molecule has 0 amide bonds. The molecule has 2 aromatic carbocycles. The number of benzene rings is 2. The summed E-state index contributed by atoms with van der Waals surface area (Å²) in [7, 11) is 5.36. The molecule has 0 bridgehead atoms. The quantitative estimate of drug-likeness (QED) is 0.561. The first-order valence-electron chi connectivity index (χ1n) is 10.5. The number of nitrogens with zero attached hydrogens (tertiary/aromatic N) is 2. The highest BCUT2D eigenvalue weighted by molar-refractivity contribution is 6.32. The van der Waals surface area contributed by atoms with Crippen LogP contribution in [-0.2, 0) is 13.0 Å². The Labute approximate surface area is 184 Å². The standard InChI is InChI=1S/C24H32ClFN2O2/c1-27(16-19-13-21(25)24(30-3)23(14-19)29-2)15-18-7-6-11-28(17-18)12-10-20-8-4-5-9-22(20)26/h4-5,8-9,13-14,18H,6-7,10-12,15-17H2,1-3H3/t18-/m1/s1. The number of hydrogen-bond acceptors (Lipinski definition) is 4. The van der Waals surface area contributed by atoms with E-state index in [2.05, 4.69) is 16.8 Å². The highest BCUT2D eigenvalue weighted by atomic mass is 35.5. The van der Waals surface area contributed by atoms with Crippen molar-refractivity contribution in [2.45, 2.75) is 25.8 Å². The van der Waals surface area contributed by atoms with E-state index in [0.29, 0.717) is 22.4 Å². The van der Waals surface area contributed by atoms with Crippen LogP contribution in [0.5, 0.6) is 11.5 Å². The van der Waals surface area contributed by atoms with Gasteiger partial charge in [0, 0.05) is 26.2 Å². The Hall–Kier alpha value is -1.82. The van der Waals surface area contributed by atoms with Crippen LogP contribution in [0.3, 0.4) is 0 Å². The molecule has 0 aromatic heterocycles. The van der Waals surface area contributed by atoms with E-state index >= 15 is 0 Å². The third-order valence-corrected chi connectivity index (χ3v) is 6.05. The molecule has 0 radical (unpaired) electrons. The maximum absolute atomic E-state index is 13.9. The van der Waals surface area contributed by atoms with Gasteiger partial charge >= 0.3 is 0 Å². The van der Waals surface area contributed by atoms with Crippen molar-refractivity contribution in [3.05, 3.63) is 58.4 Å². The van der Waals surface area contributed by atoms with Crippen molar-refractivity contribution in [1.82, 2.24) is 9.80 Å². The molecule has 0 unspecified atom stereocenters. The Morgan fingerprint density at radius 1 is 1.20 bits per heavy atom. The lowest BCUT2D eigenvalue weighted by Crippen LogP contribution is -2.40. The Kier molecular flexibility index (Phi) is 8.37. The Morgan fingerprint density at radius 3 is 2.73 bits per heavy atom. The van der Waals surface area contributed by atoms with Gasteiger partial charge in [-0.1, -0.05) is 29.8 Å². The molecule has 0 spiro atoms. The molecule has 0 N–H and O–H groups in total. The van der Waals surface area contributed by atoms with Gasteiger partial charge in [0.2, 0.25) is 0 Å². The van der Waals surface area contributed by atoms with Crippen molar-refractivity contribution in [2.24, 2.45) is 5.92 Å². The second-order valence-electron chi connectivity index (χ2n) is 8.16.